The SMILES string of the molecule is Cc1csc(C2=C(O)CN(c3ccc(C)c(C)c3)C2=N)n1. The molecule has 0 unspecified atom stereocenters. The Morgan fingerprint density at radius 2 is 2.00 bits per heavy atom. The van der Waals surface area contributed by atoms with E-state index in [4.69, 9.17) is 5.41 Å². The zero-order valence-electron chi connectivity index (χ0n) is 12.3. The zero-order chi connectivity index (χ0) is 15.1. The van der Waals surface area contributed by atoms with Crippen LogP contribution in [0.25, 0.3) is 5.57 Å². The van der Waals surface area contributed by atoms with Gasteiger partial charge < -0.3 is 10.0 Å². The van der Waals surface area contributed by atoms with E-state index in [0.29, 0.717) is 23.0 Å². The molecule has 0 spiro atoms. The lowest BCUT2D eigenvalue weighted by Gasteiger charge is -2.19. The molecule has 1 aliphatic rings. The molecule has 0 aliphatic carbocycles. The van der Waals surface area contributed by atoms with Crippen LogP contribution in [0.1, 0.15) is 21.8 Å². The second-order valence-electron chi connectivity index (χ2n) is 5.32. The summed E-state index contributed by atoms with van der Waals surface area (Å²) in [7, 11) is 0. The van der Waals surface area contributed by atoms with Gasteiger partial charge in [-0.15, -0.1) is 11.3 Å². The number of hydrogen-bond donors (Lipinski definition) is 2. The van der Waals surface area contributed by atoms with Crippen LogP contribution in [0.3, 0.4) is 0 Å². The Balaban J connectivity index is 1.96. The van der Waals surface area contributed by atoms with Crippen molar-refractivity contribution in [1.82, 2.24) is 4.98 Å². The Kier molecular flexibility index (Phi) is 3.29. The van der Waals surface area contributed by atoms with Gasteiger partial charge in [-0.25, -0.2) is 4.98 Å². The van der Waals surface area contributed by atoms with Crippen LogP contribution in [0.2, 0.25) is 0 Å². The summed E-state index contributed by atoms with van der Waals surface area (Å²) in [6.07, 6.45) is 0. The number of anilines is 1. The Bertz CT molecular complexity index is 761. The van der Waals surface area contributed by atoms with Gasteiger partial charge in [0, 0.05) is 16.8 Å². The monoisotopic (exact) mass is 299 g/mol. The quantitative estimate of drug-likeness (QED) is 0.886. The second-order valence-corrected chi connectivity index (χ2v) is 6.18. The first-order valence-corrected chi connectivity index (χ1v) is 7.63. The molecule has 1 aliphatic heterocycles. The summed E-state index contributed by atoms with van der Waals surface area (Å²) in [5.74, 6) is 0.526. The fourth-order valence-corrected chi connectivity index (χ4v) is 3.25. The molecule has 0 saturated heterocycles. The molecule has 2 aromatic rings. The average Bonchev–Trinajstić information content (AvgIpc) is 2.97. The summed E-state index contributed by atoms with van der Waals surface area (Å²) in [5, 5.41) is 21.3. The fourth-order valence-electron chi connectivity index (χ4n) is 2.39. The van der Waals surface area contributed by atoms with Gasteiger partial charge in [0.05, 0.1) is 12.1 Å². The van der Waals surface area contributed by atoms with Crippen molar-refractivity contribution >= 4 is 28.4 Å². The lowest BCUT2D eigenvalue weighted by molar-refractivity contribution is 0.411. The van der Waals surface area contributed by atoms with Gasteiger partial charge in [0.1, 0.15) is 16.6 Å². The molecule has 0 saturated carbocycles. The van der Waals surface area contributed by atoms with E-state index in [1.54, 1.807) is 0 Å². The molecule has 1 aromatic carbocycles. The molecule has 2 N–H and O–H groups in total. The van der Waals surface area contributed by atoms with E-state index in [0.717, 1.165) is 11.4 Å². The van der Waals surface area contributed by atoms with E-state index in [-0.39, 0.29) is 5.76 Å². The minimum atomic E-state index is 0.215. The normalized spacial score (nSPS) is 15.2. The number of thiazole rings is 1. The molecule has 0 amide bonds. The Labute approximate surface area is 127 Å². The van der Waals surface area contributed by atoms with Crippen LogP contribution in [-0.2, 0) is 0 Å². The molecule has 0 bridgehead atoms. The minimum Gasteiger partial charge on any atom is -0.510 e. The molecule has 4 nitrogen and oxygen atoms in total. The molecule has 2 heterocycles. The highest BCUT2D eigenvalue weighted by Gasteiger charge is 2.31. The van der Waals surface area contributed by atoms with Crippen LogP contribution in [-0.4, -0.2) is 22.5 Å². The van der Waals surface area contributed by atoms with Crippen molar-refractivity contribution in [3.8, 4) is 0 Å². The van der Waals surface area contributed by atoms with Crippen LogP contribution in [0, 0.1) is 26.2 Å². The lowest BCUT2D eigenvalue weighted by atomic mass is 10.1. The molecule has 3 rings (SSSR count). The Morgan fingerprint density at radius 3 is 2.62 bits per heavy atom. The first-order valence-electron chi connectivity index (χ1n) is 6.75. The zero-order valence-corrected chi connectivity index (χ0v) is 13.1. The third kappa shape index (κ3) is 2.34. The second kappa shape index (κ2) is 5.00. The molecule has 0 atom stereocenters. The van der Waals surface area contributed by atoms with Crippen molar-refractivity contribution in [2.24, 2.45) is 0 Å². The summed E-state index contributed by atoms with van der Waals surface area (Å²) in [4.78, 5) is 6.20. The number of benzene rings is 1. The van der Waals surface area contributed by atoms with Crippen molar-refractivity contribution in [2.75, 3.05) is 11.4 Å². The van der Waals surface area contributed by atoms with Gasteiger partial charge in [0.15, 0.2) is 0 Å². The minimum absolute atomic E-state index is 0.215. The average molecular weight is 299 g/mol. The number of aryl methyl sites for hydroxylation is 3. The summed E-state index contributed by atoms with van der Waals surface area (Å²) in [5.41, 5.74) is 4.78. The Hall–Kier alpha value is -2.14. The highest BCUT2D eigenvalue weighted by molar-refractivity contribution is 7.11. The number of aliphatic hydroxyl groups is 1. The van der Waals surface area contributed by atoms with E-state index in [2.05, 4.69) is 18.8 Å². The van der Waals surface area contributed by atoms with E-state index >= 15 is 0 Å². The van der Waals surface area contributed by atoms with Crippen molar-refractivity contribution in [3.05, 3.63) is 51.2 Å². The van der Waals surface area contributed by atoms with Gasteiger partial charge in [0.25, 0.3) is 0 Å². The molecular formula is C16H17N3OS. The Morgan fingerprint density at radius 1 is 1.24 bits per heavy atom. The molecule has 21 heavy (non-hydrogen) atoms. The third-order valence-electron chi connectivity index (χ3n) is 3.74. The van der Waals surface area contributed by atoms with Crippen LogP contribution >= 0.6 is 11.3 Å². The van der Waals surface area contributed by atoms with Crippen LogP contribution in [0.4, 0.5) is 5.69 Å². The largest absolute Gasteiger partial charge is 0.510 e. The van der Waals surface area contributed by atoms with Crippen molar-refractivity contribution in [2.45, 2.75) is 20.8 Å². The number of rotatable bonds is 2. The maximum absolute atomic E-state index is 10.2. The van der Waals surface area contributed by atoms with Gasteiger partial charge >= 0.3 is 0 Å². The fraction of sp³-hybridized carbons (Fsp3) is 0.250. The molecule has 0 fully saturated rings. The first-order chi connectivity index (χ1) is 9.97. The van der Waals surface area contributed by atoms with E-state index in [1.165, 1.54) is 22.5 Å². The number of amidine groups is 1. The maximum Gasteiger partial charge on any atom is 0.139 e. The van der Waals surface area contributed by atoms with Crippen molar-refractivity contribution in [1.29, 1.82) is 5.41 Å². The number of nitrogens with zero attached hydrogens (tertiary/aromatic N) is 2. The van der Waals surface area contributed by atoms with Crippen LogP contribution < -0.4 is 4.90 Å². The predicted octanol–water partition coefficient (Wildman–Crippen LogP) is 3.83. The summed E-state index contributed by atoms with van der Waals surface area (Å²) < 4.78 is 0. The van der Waals surface area contributed by atoms with Gasteiger partial charge in [-0.3, -0.25) is 5.41 Å². The smallest absolute Gasteiger partial charge is 0.139 e. The van der Waals surface area contributed by atoms with E-state index < -0.39 is 0 Å². The number of hydrogen-bond acceptors (Lipinski definition) is 4. The first kappa shape index (κ1) is 13.8. The standard InChI is InChI=1S/C16H17N3OS/c1-9-4-5-12(6-10(9)2)19-7-13(20)14(15(19)17)16-18-11(3)8-21-16/h4-6,8,17,20H,7H2,1-3H3. The van der Waals surface area contributed by atoms with Crippen molar-refractivity contribution in [3.63, 3.8) is 0 Å². The topological polar surface area (TPSA) is 60.2 Å². The third-order valence-corrected chi connectivity index (χ3v) is 4.72. The van der Waals surface area contributed by atoms with Crippen LogP contribution in [0.15, 0.2) is 29.3 Å². The maximum atomic E-state index is 10.2. The van der Waals surface area contributed by atoms with Gasteiger partial charge in [-0.1, -0.05) is 6.07 Å². The molecular weight excluding hydrogens is 282 g/mol. The molecule has 5 heteroatoms. The molecule has 1 aromatic heterocycles. The summed E-state index contributed by atoms with van der Waals surface area (Å²) in [6.45, 7) is 6.36. The summed E-state index contributed by atoms with van der Waals surface area (Å²) in [6, 6.07) is 6.08. The summed E-state index contributed by atoms with van der Waals surface area (Å²) >= 11 is 1.46. The molecule has 0 radical (unpaired) electrons. The number of aromatic nitrogens is 1. The number of aliphatic hydroxyl groups excluding tert-OH is 1. The number of nitrogens with one attached hydrogen (secondary N) is 1. The highest BCUT2D eigenvalue weighted by Crippen LogP contribution is 2.33. The highest BCUT2D eigenvalue weighted by atomic mass is 32.1. The molecule has 108 valence electrons. The van der Waals surface area contributed by atoms with E-state index in [9.17, 15) is 5.11 Å². The predicted molar refractivity (Wildman–Crippen MR) is 87.4 cm³/mol. The van der Waals surface area contributed by atoms with Gasteiger partial charge in [-0.2, -0.15) is 0 Å². The van der Waals surface area contributed by atoms with Gasteiger partial charge in [0.2, 0.25) is 0 Å². The van der Waals surface area contributed by atoms with Crippen LogP contribution in [0.5, 0.6) is 0 Å². The lowest BCUT2D eigenvalue weighted by Crippen LogP contribution is -2.26. The van der Waals surface area contributed by atoms with Crippen molar-refractivity contribution < 1.29 is 5.11 Å². The van der Waals surface area contributed by atoms with Gasteiger partial charge in [-0.05, 0) is 44.0 Å². The van der Waals surface area contributed by atoms with E-state index in [1.807, 2.05) is 35.4 Å².